The highest BCUT2D eigenvalue weighted by Crippen LogP contribution is 2.69. The van der Waals surface area contributed by atoms with E-state index < -0.39 is 28.8 Å². The lowest BCUT2D eigenvalue weighted by Crippen LogP contribution is -2.72. The van der Waals surface area contributed by atoms with E-state index in [0.29, 0.717) is 42.9 Å². The second kappa shape index (κ2) is 7.93. The lowest BCUT2D eigenvalue weighted by atomic mass is 9.43. The van der Waals surface area contributed by atoms with Crippen LogP contribution >= 0.6 is 0 Å². The van der Waals surface area contributed by atoms with Gasteiger partial charge in [0.25, 0.3) is 0 Å². The van der Waals surface area contributed by atoms with Gasteiger partial charge in [-0.1, -0.05) is 59.8 Å². The third kappa shape index (κ3) is 3.23. The Labute approximate surface area is 194 Å². The van der Waals surface area contributed by atoms with Crippen molar-refractivity contribution in [3.63, 3.8) is 0 Å². The molecule has 4 aliphatic rings. The Kier molecular flexibility index (Phi) is 6.06. The lowest BCUT2D eigenvalue weighted by Gasteiger charge is -2.65. The number of rotatable bonds is 4. The summed E-state index contributed by atoms with van der Waals surface area (Å²) in [5.41, 5.74) is -2.40. The number of aliphatic hydroxyl groups is 4. The monoisotopic (exact) mass is 446 g/mol. The van der Waals surface area contributed by atoms with Crippen molar-refractivity contribution in [3.8, 4) is 0 Å². The van der Waals surface area contributed by atoms with Crippen LogP contribution in [0.1, 0.15) is 86.5 Å². The summed E-state index contributed by atoms with van der Waals surface area (Å²) in [4.78, 5) is 0. The standard InChI is InChI=1S/C28H46O4/c1-17(2)18(3)7-8-19(4)21-9-10-22-23-15-24(30)28(32)16-20(29)11-12-26(28,6)27(23,31)14-13-25(21,22)5/h7-8,15,17-22,24,29-32H,9-14,16H2,1-6H3/b8-7+/t18?,19?,20-,21+,22?,24+,25+,26+,27?,28?/m0/s1. The highest BCUT2D eigenvalue weighted by molar-refractivity contribution is 5.40. The van der Waals surface area contributed by atoms with Crippen LogP contribution in [0.25, 0.3) is 0 Å². The van der Waals surface area contributed by atoms with Gasteiger partial charge < -0.3 is 20.4 Å². The Morgan fingerprint density at radius 2 is 1.62 bits per heavy atom. The number of hydrogen-bond acceptors (Lipinski definition) is 4. The van der Waals surface area contributed by atoms with Crippen LogP contribution in [0.5, 0.6) is 0 Å². The zero-order valence-corrected chi connectivity index (χ0v) is 21.0. The second-order valence-electron chi connectivity index (χ2n) is 12.7. The van der Waals surface area contributed by atoms with Crippen molar-refractivity contribution in [2.45, 2.75) is 110 Å². The number of allylic oxidation sites excluding steroid dienone is 2. The highest BCUT2D eigenvalue weighted by Gasteiger charge is 2.70. The lowest BCUT2D eigenvalue weighted by molar-refractivity contribution is -0.258. The molecule has 0 aliphatic heterocycles. The molecule has 0 saturated heterocycles. The number of aliphatic hydroxyl groups excluding tert-OH is 2. The van der Waals surface area contributed by atoms with E-state index in [1.165, 1.54) is 0 Å². The van der Waals surface area contributed by atoms with E-state index >= 15 is 0 Å². The first kappa shape index (κ1) is 24.4. The van der Waals surface area contributed by atoms with E-state index in [1.54, 1.807) is 6.08 Å². The van der Waals surface area contributed by atoms with E-state index in [1.807, 2.05) is 6.92 Å². The molecule has 0 radical (unpaired) electrons. The van der Waals surface area contributed by atoms with Gasteiger partial charge in [-0.2, -0.15) is 0 Å². The van der Waals surface area contributed by atoms with Crippen molar-refractivity contribution in [1.29, 1.82) is 0 Å². The van der Waals surface area contributed by atoms with E-state index in [4.69, 9.17) is 0 Å². The van der Waals surface area contributed by atoms with E-state index in [0.717, 1.165) is 24.8 Å². The van der Waals surface area contributed by atoms with Gasteiger partial charge in [-0.3, -0.25) is 0 Å². The third-order valence-electron chi connectivity index (χ3n) is 10.9. The first-order valence-electron chi connectivity index (χ1n) is 13.0. The minimum Gasteiger partial charge on any atom is -0.393 e. The average Bonchev–Trinajstić information content (AvgIpc) is 3.07. The summed E-state index contributed by atoms with van der Waals surface area (Å²) >= 11 is 0. The van der Waals surface area contributed by atoms with Crippen molar-refractivity contribution in [3.05, 3.63) is 23.8 Å². The molecule has 0 spiro atoms. The molecule has 0 amide bonds. The number of fused-ring (bicyclic) bond motifs is 5. The molecular weight excluding hydrogens is 400 g/mol. The predicted octanol–water partition coefficient (Wildman–Crippen LogP) is 4.61. The Balaban J connectivity index is 1.67. The molecule has 182 valence electrons. The molecule has 4 aliphatic carbocycles. The largest absolute Gasteiger partial charge is 0.393 e. The van der Waals surface area contributed by atoms with E-state index in [9.17, 15) is 20.4 Å². The number of hydrogen-bond donors (Lipinski definition) is 4. The molecule has 0 aromatic carbocycles. The summed E-state index contributed by atoms with van der Waals surface area (Å²) in [7, 11) is 0. The molecule has 4 rings (SSSR count). The van der Waals surface area contributed by atoms with Crippen LogP contribution in [0, 0.1) is 40.4 Å². The fraction of sp³-hybridized carbons (Fsp3) is 0.857. The van der Waals surface area contributed by atoms with Gasteiger partial charge >= 0.3 is 0 Å². The van der Waals surface area contributed by atoms with Crippen molar-refractivity contribution >= 4 is 0 Å². The van der Waals surface area contributed by atoms with Crippen LogP contribution in [-0.2, 0) is 0 Å². The van der Waals surface area contributed by atoms with Gasteiger partial charge in [0, 0.05) is 11.8 Å². The van der Waals surface area contributed by atoms with Crippen molar-refractivity contribution < 1.29 is 20.4 Å². The van der Waals surface area contributed by atoms with Crippen molar-refractivity contribution in [2.75, 3.05) is 0 Å². The maximum absolute atomic E-state index is 12.2. The van der Waals surface area contributed by atoms with Crippen LogP contribution < -0.4 is 0 Å². The molecule has 4 N–H and O–H groups in total. The quantitative estimate of drug-likeness (QED) is 0.475. The summed E-state index contributed by atoms with van der Waals surface area (Å²) in [6.07, 6.45) is 9.79. The molecular formula is C28H46O4. The fourth-order valence-electron chi connectivity index (χ4n) is 8.11. The molecule has 5 unspecified atom stereocenters. The van der Waals surface area contributed by atoms with Gasteiger partial charge in [0.05, 0.1) is 11.7 Å². The first-order valence-corrected chi connectivity index (χ1v) is 13.0. The Bertz CT molecular complexity index is 788. The smallest absolute Gasteiger partial charge is 0.105 e. The van der Waals surface area contributed by atoms with Crippen molar-refractivity contribution in [1.82, 2.24) is 0 Å². The molecule has 0 heterocycles. The summed E-state index contributed by atoms with van der Waals surface area (Å²) in [6.45, 7) is 13.5. The zero-order valence-electron chi connectivity index (χ0n) is 21.0. The molecule has 3 saturated carbocycles. The SMILES string of the molecule is CC(C)C(C)/C=C/C(C)[C@H]1CCC2C3=C[C@@H](O)C4(O)C[C@@H](O)CC[C@]4(C)C3(O)CC[C@@]21C. The molecule has 0 aromatic heterocycles. The van der Waals surface area contributed by atoms with Crippen LogP contribution in [0.3, 0.4) is 0 Å². The van der Waals surface area contributed by atoms with E-state index in [-0.39, 0.29) is 17.8 Å². The molecule has 3 fully saturated rings. The normalized spacial score (nSPS) is 50.5. The minimum atomic E-state index is -1.49. The van der Waals surface area contributed by atoms with Crippen LogP contribution in [-0.4, -0.2) is 43.8 Å². The Morgan fingerprint density at radius 1 is 0.938 bits per heavy atom. The first-order chi connectivity index (χ1) is 14.8. The summed E-state index contributed by atoms with van der Waals surface area (Å²) in [6, 6.07) is 0. The third-order valence-corrected chi connectivity index (χ3v) is 10.9. The molecule has 0 bridgehead atoms. The van der Waals surface area contributed by atoms with E-state index in [2.05, 4.69) is 46.8 Å². The fourth-order valence-corrected chi connectivity index (χ4v) is 8.11. The predicted molar refractivity (Wildman–Crippen MR) is 128 cm³/mol. The van der Waals surface area contributed by atoms with Crippen molar-refractivity contribution in [2.24, 2.45) is 40.4 Å². The summed E-state index contributed by atoms with van der Waals surface area (Å²) in [5, 5.41) is 45.2. The van der Waals surface area contributed by atoms with Gasteiger partial charge in [0.2, 0.25) is 0 Å². The highest BCUT2D eigenvalue weighted by atomic mass is 16.4. The van der Waals surface area contributed by atoms with Crippen LogP contribution in [0.4, 0.5) is 0 Å². The average molecular weight is 447 g/mol. The maximum atomic E-state index is 12.2. The summed E-state index contributed by atoms with van der Waals surface area (Å²) < 4.78 is 0. The Hall–Kier alpha value is -0.680. The molecule has 4 nitrogen and oxygen atoms in total. The van der Waals surface area contributed by atoms with Crippen LogP contribution in [0.2, 0.25) is 0 Å². The Morgan fingerprint density at radius 3 is 2.28 bits per heavy atom. The summed E-state index contributed by atoms with van der Waals surface area (Å²) in [5.74, 6) is 2.45. The minimum absolute atomic E-state index is 0.0859. The second-order valence-corrected chi connectivity index (χ2v) is 12.7. The van der Waals surface area contributed by atoms with Gasteiger partial charge in [-0.15, -0.1) is 0 Å². The maximum Gasteiger partial charge on any atom is 0.105 e. The van der Waals surface area contributed by atoms with Gasteiger partial charge in [-0.25, -0.2) is 0 Å². The zero-order chi connectivity index (χ0) is 23.7. The molecule has 4 heteroatoms. The molecule has 32 heavy (non-hydrogen) atoms. The van der Waals surface area contributed by atoms with Crippen LogP contribution in [0.15, 0.2) is 23.8 Å². The molecule has 0 aromatic rings. The topological polar surface area (TPSA) is 80.9 Å². The van der Waals surface area contributed by atoms with Gasteiger partial charge in [0.1, 0.15) is 11.7 Å². The van der Waals surface area contributed by atoms with Gasteiger partial charge in [-0.05, 0) is 79.1 Å². The van der Waals surface area contributed by atoms with Gasteiger partial charge in [0.15, 0.2) is 0 Å². The molecule has 10 atom stereocenters.